The van der Waals surface area contributed by atoms with Crippen molar-refractivity contribution in [1.82, 2.24) is 0 Å². The first-order valence-electron chi connectivity index (χ1n) is 9.88. The highest BCUT2D eigenvalue weighted by Gasteiger charge is 2.67. The Hall–Kier alpha value is -0.630. The average molecular weight is 350 g/mol. The van der Waals surface area contributed by atoms with Crippen LogP contribution < -0.4 is 0 Å². The highest BCUT2D eigenvalue weighted by Crippen LogP contribution is 2.68. The summed E-state index contributed by atoms with van der Waals surface area (Å²) in [6, 6.07) is 0. The van der Waals surface area contributed by atoms with Gasteiger partial charge in [0.1, 0.15) is 11.8 Å². The Balaban J connectivity index is 1.71. The molecule has 3 nitrogen and oxygen atoms in total. The minimum absolute atomic E-state index is 0.0739. The fraction of sp³-hybridized carbons (Fsp3) is 0.905. The van der Waals surface area contributed by atoms with Crippen molar-refractivity contribution in [2.45, 2.75) is 82.8 Å². The topological polar surface area (TPSA) is 60.7 Å². The Bertz CT molecular complexity index is 602. The van der Waals surface area contributed by atoms with Gasteiger partial charge in [-0.3, -0.25) is 0 Å². The van der Waals surface area contributed by atoms with Crippen LogP contribution >= 0.6 is 0 Å². The molecule has 1 unspecified atom stereocenters. The molecule has 4 aliphatic rings. The summed E-state index contributed by atoms with van der Waals surface area (Å²) in [6.45, 7) is 4.26. The summed E-state index contributed by atoms with van der Waals surface area (Å²) in [5.41, 5.74) is -1.64. The predicted molar refractivity (Wildman–Crippen MR) is 93.2 cm³/mol. The molecule has 4 fully saturated rings. The van der Waals surface area contributed by atoms with Crippen LogP contribution in [0.2, 0.25) is 0 Å². The first kappa shape index (κ1) is 17.8. The number of alkyl halides is 1. The van der Waals surface area contributed by atoms with Crippen LogP contribution in [-0.2, 0) is 0 Å². The van der Waals surface area contributed by atoms with Crippen LogP contribution in [0.25, 0.3) is 0 Å². The first-order valence-corrected chi connectivity index (χ1v) is 9.88. The van der Waals surface area contributed by atoms with E-state index in [0.29, 0.717) is 19.3 Å². The van der Waals surface area contributed by atoms with Crippen molar-refractivity contribution >= 4 is 0 Å². The third-order valence-electron chi connectivity index (χ3n) is 9.09. The molecule has 25 heavy (non-hydrogen) atoms. The third kappa shape index (κ3) is 2.10. The van der Waals surface area contributed by atoms with E-state index < -0.39 is 24.0 Å². The molecule has 0 aromatic carbocycles. The molecule has 140 valence electrons. The smallest absolute Gasteiger partial charge is 0.130 e. The van der Waals surface area contributed by atoms with Crippen LogP contribution in [0, 0.1) is 46.8 Å². The van der Waals surface area contributed by atoms with E-state index in [1.165, 1.54) is 0 Å². The monoisotopic (exact) mass is 350 g/mol. The maximum atomic E-state index is 14.8. The number of aliphatic hydroxyl groups excluding tert-OH is 2. The number of terminal acetylenes is 1. The molecular weight excluding hydrogens is 319 g/mol. The second-order valence-corrected chi connectivity index (χ2v) is 9.76. The number of rotatable bonds is 0. The molecule has 0 aromatic rings. The van der Waals surface area contributed by atoms with Gasteiger partial charge in [-0.2, -0.15) is 0 Å². The van der Waals surface area contributed by atoms with Crippen molar-refractivity contribution in [3.8, 4) is 12.3 Å². The lowest BCUT2D eigenvalue weighted by Crippen LogP contribution is -2.62. The van der Waals surface area contributed by atoms with Gasteiger partial charge in [0.2, 0.25) is 0 Å². The lowest BCUT2D eigenvalue weighted by atomic mass is 9.43. The Morgan fingerprint density at radius 3 is 2.32 bits per heavy atom. The van der Waals surface area contributed by atoms with Gasteiger partial charge in [-0.15, -0.1) is 6.42 Å². The Labute approximate surface area is 150 Å². The summed E-state index contributed by atoms with van der Waals surface area (Å²) in [4.78, 5) is 0. The van der Waals surface area contributed by atoms with Gasteiger partial charge in [0.25, 0.3) is 0 Å². The molecule has 4 rings (SSSR count). The van der Waals surface area contributed by atoms with Gasteiger partial charge in [0, 0.05) is 11.3 Å². The molecule has 4 saturated carbocycles. The highest BCUT2D eigenvalue weighted by atomic mass is 19.1. The van der Waals surface area contributed by atoms with Gasteiger partial charge in [-0.25, -0.2) is 4.39 Å². The minimum Gasteiger partial charge on any atom is -0.393 e. The number of fused-ring (bicyclic) bond motifs is 5. The molecule has 0 bridgehead atoms. The Morgan fingerprint density at radius 1 is 0.960 bits per heavy atom. The summed E-state index contributed by atoms with van der Waals surface area (Å²) in [6.07, 6.45) is 7.83. The summed E-state index contributed by atoms with van der Waals surface area (Å²) in [5.74, 6) is 2.88. The third-order valence-corrected chi connectivity index (χ3v) is 9.09. The molecule has 0 amide bonds. The summed E-state index contributed by atoms with van der Waals surface area (Å²) in [5, 5.41) is 32.0. The lowest BCUT2D eigenvalue weighted by molar-refractivity contribution is -0.200. The van der Waals surface area contributed by atoms with E-state index in [4.69, 9.17) is 6.42 Å². The molecule has 4 aliphatic carbocycles. The second kappa shape index (κ2) is 5.44. The Kier molecular flexibility index (Phi) is 3.87. The van der Waals surface area contributed by atoms with Crippen molar-refractivity contribution in [1.29, 1.82) is 0 Å². The average Bonchev–Trinajstić information content (AvgIpc) is 2.86. The molecule has 0 aromatic heterocycles. The van der Waals surface area contributed by atoms with Gasteiger partial charge < -0.3 is 15.3 Å². The van der Waals surface area contributed by atoms with E-state index in [0.717, 1.165) is 25.7 Å². The standard InChI is InChI=1S/C21H31FO3/c1-4-21(25)10-6-13-17-12(5-9-20(13,21)3)19(2)8-7-15(23)18(22)14(19)11-16(17)24/h1,12-18,23-25H,5-11H2,2-3H3/t12-,13-,14?,15+,16-,17+,18-,19+,20-,21-/m0/s1. The quantitative estimate of drug-likeness (QED) is 0.589. The molecule has 4 heteroatoms. The molecule has 3 N–H and O–H groups in total. The Morgan fingerprint density at radius 2 is 1.64 bits per heavy atom. The van der Waals surface area contributed by atoms with Crippen molar-refractivity contribution in [2.75, 3.05) is 0 Å². The zero-order chi connectivity index (χ0) is 18.2. The van der Waals surface area contributed by atoms with Crippen LogP contribution in [0.3, 0.4) is 0 Å². The fourth-order valence-electron chi connectivity index (χ4n) is 7.47. The predicted octanol–water partition coefficient (Wildman–Crippen LogP) is 2.67. The van der Waals surface area contributed by atoms with E-state index in [1.807, 2.05) is 0 Å². The maximum absolute atomic E-state index is 14.8. The molecule has 0 saturated heterocycles. The van der Waals surface area contributed by atoms with Crippen LogP contribution in [-0.4, -0.2) is 39.3 Å². The molecule has 0 heterocycles. The van der Waals surface area contributed by atoms with Crippen LogP contribution in [0.1, 0.15) is 58.8 Å². The van der Waals surface area contributed by atoms with Gasteiger partial charge in [-0.05, 0) is 68.1 Å². The molecular formula is C21H31FO3. The van der Waals surface area contributed by atoms with Gasteiger partial charge in [0.15, 0.2) is 0 Å². The number of hydrogen-bond acceptors (Lipinski definition) is 3. The van der Waals surface area contributed by atoms with Crippen LogP contribution in [0.15, 0.2) is 0 Å². The second-order valence-electron chi connectivity index (χ2n) is 9.76. The van der Waals surface area contributed by atoms with Gasteiger partial charge in [0.05, 0.1) is 12.2 Å². The van der Waals surface area contributed by atoms with Crippen LogP contribution in [0.5, 0.6) is 0 Å². The van der Waals surface area contributed by atoms with E-state index in [-0.39, 0.29) is 34.5 Å². The molecule has 0 spiro atoms. The highest BCUT2D eigenvalue weighted by molar-refractivity contribution is 5.24. The zero-order valence-electron chi connectivity index (χ0n) is 15.3. The fourth-order valence-corrected chi connectivity index (χ4v) is 7.47. The van der Waals surface area contributed by atoms with Crippen LogP contribution in [0.4, 0.5) is 4.39 Å². The van der Waals surface area contributed by atoms with E-state index in [9.17, 15) is 19.7 Å². The van der Waals surface area contributed by atoms with E-state index >= 15 is 0 Å². The summed E-state index contributed by atoms with van der Waals surface area (Å²) < 4.78 is 14.8. The maximum Gasteiger partial charge on any atom is 0.130 e. The minimum atomic E-state index is -1.24. The summed E-state index contributed by atoms with van der Waals surface area (Å²) in [7, 11) is 0. The van der Waals surface area contributed by atoms with Gasteiger partial charge >= 0.3 is 0 Å². The largest absolute Gasteiger partial charge is 0.393 e. The summed E-state index contributed by atoms with van der Waals surface area (Å²) >= 11 is 0. The van der Waals surface area contributed by atoms with Crippen molar-refractivity contribution in [3.05, 3.63) is 0 Å². The van der Waals surface area contributed by atoms with Crippen molar-refractivity contribution in [2.24, 2.45) is 34.5 Å². The number of halogens is 1. The molecule has 0 radical (unpaired) electrons. The van der Waals surface area contributed by atoms with Gasteiger partial charge in [-0.1, -0.05) is 19.8 Å². The number of aliphatic hydroxyl groups is 3. The zero-order valence-corrected chi connectivity index (χ0v) is 15.3. The lowest BCUT2D eigenvalue weighted by Gasteiger charge is -2.62. The van der Waals surface area contributed by atoms with E-state index in [2.05, 4.69) is 19.8 Å². The SMILES string of the molecule is C#C[C@]1(O)CC[C@H]2[C@@H]3[C@@H](O)CC4[C@H](F)[C@H](O)CC[C@]4(C)[C@H]3CC[C@@]21C. The first-order chi connectivity index (χ1) is 11.7. The molecule has 0 aliphatic heterocycles. The molecule has 10 atom stereocenters. The number of hydrogen-bond donors (Lipinski definition) is 3. The normalized spacial score (nSPS) is 60.9. The van der Waals surface area contributed by atoms with Crippen molar-refractivity contribution in [3.63, 3.8) is 0 Å². The van der Waals surface area contributed by atoms with E-state index in [1.54, 1.807) is 0 Å². The van der Waals surface area contributed by atoms with Crippen molar-refractivity contribution < 1.29 is 19.7 Å².